The smallest absolute Gasteiger partial charge is 0.207 e. The number of hydrogen-bond acceptors (Lipinski definition) is 6. The topological polar surface area (TPSA) is 69.1 Å². The number of piperazine rings is 1. The van der Waals surface area contributed by atoms with Gasteiger partial charge in [-0.2, -0.15) is 4.68 Å². The highest BCUT2D eigenvalue weighted by molar-refractivity contribution is 7.71. The number of benzene rings is 3. The third kappa shape index (κ3) is 5.19. The molecule has 0 amide bonds. The second-order valence-electron chi connectivity index (χ2n) is 9.26. The van der Waals surface area contributed by atoms with E-state index in [0.29, 0.717) is 17.2 Å². The summed E-state index contributed by atoms with van der Waals surface area (Å²) in [5.41, 5.74) is 4.08. The standard InChI is InChI=1S/C28H31N5O3S/c1-20-4-6-21(7-5-20)27-29-32(28(37)33(27)25-18-24(35-2)12-13-26(25)36-3)19-30-14-16-31(17-15-30)22-8-10-23(34)11-9-22/h4-13,18,34H,14-17,19H2,1-3H3/p+1. The largest absolute Gasteiger partial charge is 0.508 e. The Morgan fingerprint density at radius 2 is 1.65 bits per heavy atom. The van der Waals surface area contributed by atoms with Crippen LogP contribution >= 0.6 is 12.2 Å². The van der Waals surface area contributed by atoms with Crippen LogP contribution in [0.1, 0.15) is 5.56 Å². The number of phenolic OH excluding ortho intramolecular Hbond substituents is 1. The highest BCUT2D eigenvalue weighted by Crippen LogP contribution is 2.32. The van der Waals surface area contributed by atoms with Gasteiger partial charge in [-0.25, -0.2) is 0 Å². The molecule has 0 saturated carbocycles. The Morgan fingerprint density at radius 3 is 2.30 bits per heavy atom. The zero-order valence-electron chi connectivity index (χ0n) is 21.3. The summed E-state index contributed by atoms with van der Waals surface area (Å²) in [6.07, 6.45) is 0. The molecule has 2 N–H and O–H groups in total. The van der Waals surface area contributed by atoms with E-state index in [1.54, 1.807) is 26.4 Å². The van der Waals surface area contributed by atoms with Crippen molar-refractivity contribution in [3.8, 4) is 34.3 Å². The van der Waals surface area contributed by atoms with Crippen molar-refractivity contribution in [2.24, 2.45) is 0 Å². The Hall–Kier alpha value is -3.82. The van der Waals surface area contributed by atoms with Gasteiger partial charge < -0.3 is 24.4 Å². The number of phenols is 1. The maximum atomic E-state index is 9.59. The van der Waals surface area contributed by atoms with E-state index in [1.807, 2.05) is 39.6 Å². The maximum Gasteiger partial charge on any atom is 0.207 e. The van der Waals surface area contributed by atoms with E-state index in [4.69, 9.17) is 26.8 Å². The monoisotopic (exact) mass is 518 g/mol. The number of methoxy groups -OCH3 is 2. The van der Waals surface area contributed by atoms with Crippen LogP contribution in [-0.4, -0.2) is 59.9 Å². The van der Waals surface area contributed by atoms with Crippen LogP contribution in [0.15, 0.2) is 66.7 Å². The van der Waals surface area contributed by atoms with Crippen LogP contribution in [0.4, 0.5) is 5.69 Å². The molecule has 192 valence electrons. The second-order valence-corrected chi connectivity index (χ2v) is 9.62. The molecule has 1 aliphatic rings. The van der Waals surface area contributed by atoms with Crippen molar-refractivity contribution in [3.05, 3.63) is 77.1 Å². The van der Waals surface area contributed by atoms with E-state index in [9.17, 15) is 5.11 Å². The van der Waals surface area contributed by atoms with Crippen LogP contribution in [0.3, 0.4) is 0 Å². The first-order valence-electron chi connectivity index (χ1n) is 12.3. The minimum absolute atomic E-state index is 0.287. The number of ether oxygens (including phenoxy) is 2. The molecule has 4 aromatic rings. The number of anilines is 1. The molecule has 0 bridgehead atoms. The Kier molecular flexibility index (Phi) is 7.16. The lowest BCUT2D eigenvalue weighted by Gasteiger charge is -2.33. The second kappa shape index (κ2) is 10.7. The van der Waals surface area contributed by atoms with Gasteiger partial charge in [-0.3, -0.25) is 4.57 Å². The lowest BCUT2D eigenvalue weighted by molar-refractivity contribution is -0.924. The average Bonchev–Trinajstić information content (AvgIpc) is 3.25. The first-order valence-corrected chi connectivity index (χ1v) is 12.7. The Bertz CT molecular complexity index is 1420. The average molecular weight is 519 g/mol. The minimum Gasteiger partial charge on any atom is -0.508 e. The SMILES string of the molecule is COc1ccc(OC)c(-n2c(-c3ccc(C)cc3)nn(C[NH+]3CCN(c4ccc(O)cc4)CC3)c2=S)c1. The van der Waals surface area contributed by atoms with Crippen molar-refractivity contribution < 1.29 is 19.5 Å². The Morgan fingerprint density at radius 1 is 0.946 bits per heavy atom. The minimum atomic E-state index is 0.287. The summed E-state index contributed by atoms with van der Waals surface area (Å²) in [6, 6.07) is 21.4. The summed E-state index contributed by atoms with van der Waals surface area (Å²) in [7, 11) is 3.30. The van der Waals surface area contributed by atoms with E-state index in [-0.39, 0.29) is 5.75 Å². The van der Waals surface area contributed by atoms with E-state index in [1.165, 1.54) is 10.5 Å². The summed E-state index contributed by atoms with van der Waals surface area (Å²) in [4.78, 5) is 3.75. The predicted molar refractivity (Wildman–Crippen MR) is 147 cm³/mol. The summed E-state index contributed by atoms with van der Waals surface area (Å²) < 4.78 is 15.7. The van der Waals surface area contributed by atoms with Gasteiger partial charge in [-0.05, 0) is 55.5 Å². The van der Waals surface area contributed by atoms with Gasteiger partial charge in [0.15, 0.2) is 12.5 Å². The highest BCUT2D eigenvalue weighted by Gasteiger charge is 2.24. The molecular formula is C28H32N5O3S+. The number of aryl methyl sites for hydroxylation is 1. The molecule has 8 nitrogen and oxygen atoms in total. The lowest BCUT2D eigenvalue weighted by atomic mass is 10.1. The molecule has 0 spiro atoms. The molecule has 1 saturated heterocycles. The fourth-order valence-corrected chi connectivity index (χ4v) is 4.99. The molecule has 0 radical (unpaired) electrons. The van der Waals surface area contributed by atoms with Crippen LogP contribution in [0.25, 0.3) is 17.1 Å². The lowest BCUT2D eigenvalue weighted by Crippen LogP contribution is -3.14. The number of nitrogens with zero attached hydrogens (tertiary/aromatic N) is 4. The van der Waals surface area contributed by atoms with E-state index in [2.05, 4.69) is 36.1 Å². The van der Waals surface area contributed by atoms with Gasteiger partial charge in [-0.15, -0.1) is 5.10 Å². The van der Waals surface area contributed by atoms with E-state index < -0.39 is 0 Å². The fourth-order valence-electron chi connectivity index (χ4n) is 4.70. The van der Waals surface area contributed by atoms with Crippen LogP contribution in [0, 0.1) is 11.7 Å². The molecule has 0 unspecified atom stereocenters. The Balaban J connectivity index is 1.47. The van der Waals surface area contributed by atoms with Crippen LogP contribution in [0.5, 0.6) is 17.2 Å². The van der Waals surface area contributed by atoms with Gasteiger partial charge in [-0.1, -0.05) is 29.8 Å². The first kappa shape index (κ1) is 24.9. The summed E-state index contributed by atoms with van der Waals surface area (Å²) in [6.45, 7) is 6.49. The molecule has 1 fully saturated rings. The number of hydrogen-bond donors (Lipinski definition) is 2. The molecule has 0 aliphatic carbocycles. The number of rotatable bonds is 7. The number of quaternary nitrogens is 1. The van der Waals surface area contributed by atoms with Crippen molar-refractivity contribution in [3.63, 3.8) is 0 Å². The third-order valence-electron chi connectivity index (χ3n) is 6.83. The van der Waals surface area contributed by atoms with E-state index in [0.717, 1.165) is 54.7 Å². The van der Waals surface area contributed by atoms with Crippen molar-refractivity contribution >= 4 is 17.9 Å². The Labute approximate surface area is 221 Å². The molecule has 37 heavy (non-hydrogen) atoms. The molecule has 1 aromatic heterocycles. The van der Waals surface area contributed by atoms with Crippen LogP contribution in [-0.2, 0) is 6.67 Å². The third-order valence-corrected chi connectivity index (χ3v) is 7.23. The van der Waals surface area contributed by atoms with Crippen molar-refractivity contribution in [1.29, 1.82) is 0 Å². The van der Waals surface area contributed by atoms with Crippen molar-refractivity contribution in [2.45, 2.75) is 13.6 Å². The zero-order valence-corrected chi connectivity index (χ0v) is 22.2. The van der Waals surface area contributed by atoms with Crippen molar-refractivity contribution in [2.75, 3.05) is 45.3 Å². The molecule has 0 atom stereocenters. The molecule has 2 heterocycles. The fraction of sp³-hybridized carbons (Fsp3) is 0.286. The maximum absolute atomic E-state index is 9.59. The first-order chi connectivity index (χ1) is 18.0. The molecular weight excluding hydrogens is 486 g/mol. The normalized spacial score (nSPS) is 14.1. The van der Waals surface area contributed by atoms with Gasteiger partial charge >= 0.3 is 0 Å². The van der Waals surface area contributed by atoms with Crippen LogP contribution in [0.2, 0.25) is 0 Å². The van der Waals surface area contributed by atoms with Gasteiger partial charge in [0.1, 0.15) is 17.2 Å². The van der Waals surface area contributed by atoms with Gasteiger partial charge in [0.05, 0.1) is 46.1 Å². The molecule has 3 aromatic carbocycles. The number of aromatic hydroxyl groups is 1. The molecule has 5 rings (SSSR count). The van der Waals surface area contributed by atoms with Gasteiger partial charge in [0.25, 0.3) is 0 Å². The predicted octanol–water partition coefficient (Wildman–Crippen LogP) is 3.46. The number of aromatic nitrogens is 3. The molecule has 1 aliphatic heterocycles. The summed E-state index contributed by atoms with van der Waals surface area (Å²) >= 11 is 6.01. The number of nitrogens with one attached hydrogen (secondary N) is 1. The quantitative estimate of drug-likeness (QED) is 0.365. The van der Waals surface area contributed by atoms with Gasteiger partial charge in [0, 0.05) is 17.3 Å². The summed E-state index contributed by atoms with van der Waals surface area (Å²) in [5, 5.41) is 14.6. The zero-order chi connectivity index (χ0) is 25.9. The van der Waals surface area contributed by atoms with Crippen LogP contribution < -0.4 is 19.3 Å². The van der Waals surface area contributed by atoms with Gasteiger partial charge in [0.2, 0.25) is 4.77 Å². The summed E-state index contributed by atoms with van der Waals surface area (Å²) in [5.74, 6) is 2.46. The van der Waals surface area contributed by atoms with Crippen molar-refractivity contribution in [1.82, 2.24) is 14.3 Å². The van der Waals surface area contributed by atoms with E-state index >= 15 is 0 Å². The molecule has 9 heteroatoms. The highest BCUT2D eigenvalue weighted by atomic mass is 32.1.